The van der Waals surface area contributed by atoms with Crippen LogP contribution in [0.15, 0.2) is 33.8 Å². The predicted octanol–water partition coefficient (Wildman–Crippen LogP) is 4.49. The maximum absolute atomic E-state index is 14.6. The minimum atomic E-state index is -3.49. The Balaban J connectivity index is 1.37. The summed E-state index contributed by atoms with van der Waals surface area (Å²) in [5, 5.41) is 11.5. The minimum Gasteiger partial charge on any atom is -0.425 e. The van der Waals surface area contributed by atoms with E-state index in [0.29, 0.717) is 23.8 Å². The topological polar surface area (TPSA) is 114 Å². The first kappa shape index (κ1) is 23.7. The van der Waals surface area contributed by atoms with Gasteiger partial charge in [-0.1, -0.05) is 13.8 Å². The van der Waals surface area contributed by atoms with Gasteiger partial charge in [0, 0.05) is 35.7 Å². The fraction of sp³-hybridized carbons (Fsp3) is 0.500. The lowest BCUT2D eigenvalue weighted by molar-refractivity contribution is 0.334. The number of hydrogen-bond donors (Lipinski definition) is 1. The number of fused-ring (bicyclic) bond motifs is 2. The molecule has 4 heterocycles. The summed E-state index contributed by atoms with van der Waals surface area (Å²) in [5.74, 6) is 2.49. The van der Waals surface area contributed by atoms with Crippen molar-refractivity contribution in [3.05, 3.63) is 47.7 Å². The molecule has 2 bridgehead atoms. The summed E-state index contributed by atoms with van der Waals surface area (Å²) in [5.41, 5.74) is 0.971. The van der Waals surface area contributed by atoms with Gasteiger partial charge < -0.3 is 14.6 Å². The Kier molecular flexibility index (Phi) is 5.98. The molecule has 186 valence electrons. The molecular formula is C24H29FN6O3S. The van der Waals surface area contributed by atoms with Gasteiger partial charge in [-0.25, -0.2) is 22.8 Å². The van der Waals surface area contributed by atoms with Crippen LogP contribution in [0.4, 0.5) is 21.7 Å². The van der Waals surface area contributed by atoms with Gasteiger partial charge in [0.25, 0.3) is 0 Å². The highest BCUT2D eigenvalue weighted by Gasteiger charge is 2.44. The molecule has 0 spiro atoms. The number of sulfone groups is 1. The van der Waals surface area contributed by atoms with Crippen molar-refractivity contribution in [2.24, 2.45) is 0 Å². The molecule has 1 aromatic carbocycles. The highest BCUT2D eigenvalue weighted by atomic mass is 32.2. The molecule has 2 aliphatic rings. The first-order valence-electron chi connectivity index (χ1n) is 11.8. The molecule has 5 rings (SSSR count). The highest BCUT2D eigenvalue weighted by Crippen LogP contribution is 2.45. The number of rotatable bonds is 6. The second-order valence-electron chi connectivity index (χ2n) is 9.80. The van der Waals surface area contributed by atoms with Crippen LogP contribution in [0, 0.1) is 12.7 Å². The summed E-state index contributed by atoms with van der Waals surface area (Å²) in [6.07, 6.45) is 6.45. The number of aromatic nitrogens is 4. The molecule has 0 amide bonds. The highest BCUT2D eigenvalue weighted by molar-refractivity contribution is 7.90. The number of hydrogen-bond acceptors (Lipinski definition) is 9. The van der Waals surface area contributed by atoms with E-state index in [0.717, 1.165) is 55.3 Å². The average molecular weight is 501 g/mol. The molecule has 1 N–H and O–H groups in total. The van der Waals surface area contributed by atoms with Crippen molar-refractivity contribution in [1.29, 1.82) is 0 Å². The maximum atomic E-state index is 14.6. The van der Waals surface area contributed by atoms with Gasteiger partial charge in [0.2, 0.25) is 11.8 Å². The van der Waals surface area contributed by atoms with Gasteiger partial charge in [0.05, 0.1) is 10.6 Å². The van der Waals surface area contributed by atoms with Crippen LogP contribution >= 0.6 is 0 Å². The van der Waals surface area contributed by atoms with Gasteiger partial charge in [-0.2, -0.15) is 0 Å². The number of piperidine rings is 1. The Morgan fingerprint density at radius 1 is 1.14 bits per heavy atom. The fourth-order valence-corrected chi connectivity index (χ4v) is 5.78. The van der Waals surface area contributed by atoms with Crippen LogP contribution in [0.25, 0.3) is 0 Å². The van der Waals surface area contributed by atoms with E-state index in [1.807, 2.05) is 20.8 Å². The molecule has 11 heteroatoms. The van der Waals surface area contributed by atoms with Crippen LogP contribution in [-0.4, -0.2) is 46.9 Å². The van der Waals surface area contributed by atoms with E-state index in [4.69, 9.17) is 4.42 Å². The molecular weight excluding hydrogens is 471 g/mol. The SMILES string of the molecule is Cc1c(Nc2ccc(S(C)(=O)=O)cc2F)ncnc1N1C2CCC1CC(c1nnc(C(C)C)o1)C2. The Labute approximate surface area is 204 Å². The first-order valence-corrected chi connectivity index (χ1v) is 13.7. The summed E-state index contributed by atoms with van der Waals surface area (Å²) in [6, 6.07) is 4.40. The smallest absolute Gasteiger partial charge is 0.219 e. The number of halogens is 1. The summed E-state index contributed by atoms with van der Waals surface area (Å²) >= 11 is 0. The van der Waals surface area contributed by atoms with Crippen molar-refractivity contribution < 1.29 is 17.2 Å². The van der Waals surface area contributed by atoms with Gasteiger partial charge in [-0.3, -0.25) is 0 Å². The van der Waals surface area contributed by atoms with E-state index in [9.17, 15) is 12.8 Å². The molecule has 0 aliphatic carbocycles. The zero-order chi connectivity index (χ0) is 24.9. The Bertz CT molecular complexity index is 1350. The number of benzene rings is 1. The van der Waals surface area contributed by atoms with E-state index in [1.54, 1.807) is 0 Å². The molecule has 0 saturated carbocycles. The number of nitrogens with one attached hydrogen (secondary N) is 1. The van der Waals surface area contributed by atoms with E-state index >= 15 is 0 Å². The molecule has 2 aliphatic heterocycles. The maximum Gasteiger partial charge on any atom is 0.219 e. The fourth-order valence-electron chi connectivity index (χ4n) is 5.15. The molecule has 9 nitrogen and oxygen atoms in total. The second-order valence-corrected chi connectivity index (χ2v) is 11.8. The van der Waals surface area contributed by atoms with Crippen LogP contribution in [0.5, 0.6) is 0 Å². The Morgan fingerprint density at radius 3 is 2.46 bits per heavy atom. The van der Waals surface area contributed by atoms with Crippen molar-refractivity contribution in [3.8, 4) is 0 Å². The van der Waals surface area contributed by atoms with E-state index in [1.165, 1.54) is 18.5 Å². The Morgan fingerprint density at radius 2 is 1.86 bits per heavy atom. The molecule has 2 saturated heterocycles. The largest absolute Gasteiger partial charge is 0.425 e. The van der Waals surface area contributed by atoms with Gasteiger partial charge in [-0.05, 0) is 50.8 Å². The standard InChI is InChI=1S/C24H29FN6O3S/c1-13(2)23-29-30-24(34-23)15-9-16-5-6-17(10-15)31(16)22-14(3)21(26-12-27-22)28-20-8-7-18(11-19(20)25)35(4,32)33/h7-8,11-13,15-17H,5-6,9-10H2,1-4H3,(H,26,27,28). The van der Waals surface area contributed by atoms with E-state index < -0.39 is 15.7 Å². The zero-order valence-electron chi connectivity index (χ0n) is 20.2. The van der Waals surface area contributed by atoms with Crippen molar-refractivity contribution in [3.63, 3.8) is 0 Å². The molecule has 35 heavy (non-hydrogen) atoms. The third-order valence-corrected chi connectivity index (χ3v) is 8.07. The molecule has 2 unspecified atom stereocenters. The molecule has 3 aromatic rings. The molecule has 2 atom stereocenters. The number of nitrogens with zero attached hydrogens (tertiary/aromatic N) is 5. The Hall–Kier alpha value is -3.08. The summed E-state index contributed by atoms with van der Waals surface area (Å²) < 4.78 is 44.0. The van der Waals surface area contributed by atoms with Crippen LogP contribution in [0.3, 0.4) is 0 Å². The third kappa shape index (κ3) is 4.49. The van der Waals surface area contributed by atoms with Crippen LogP contribution in [0.1, 0.15) is 68.7 Å². The van der Waals surface area contributed by atoms with Crippen LogP contribution in [-0.2, 0) is 9.84 Å². The monoisotopic (exact) mass is 500 g/mol. The normalized spacial score (nSPS) is 22.1. The average Bonchev–Trinajstić information content (AvgIpc) is 3.39. The van der Waals surface area contributed by atoms with Crippen molar-refractivity contribution in [1.82, 2.24) is 20.2 Å². The molecule has 2 aromatic heterocycles. The van der Waals surface area contributed by atoms with E-state index in [-0.39, 0.29) is 22.4 Å². The molecule has 0 radical (unpaired) electrons. The van der Waals surface area contributed by atoms with Gasteiger partial charge in [0.15, 0.2) is 9.84 Å². The van der Waals surface area contributed by atoms with Crippen LogP contribution < -0.4 is 10.2 Å². The summed E-state index contributed by atoms with van der Waals surface area (Å²) in [6.45, 7) is 6.00. The predicted molar refractivity (Wildman–Crippen MR) is 129 cm³/mol. The van der Waals surface area contributed by atoms with Crippen molar-refractivity contribution in [2.45, 2.75) is 75.3 Å². The summed E-state index contributed by atoms with van der Waals surface area (Å²) in [7, 11) is -3.49. The lowest BCUT2D eigenvalue weighted by Crippen LogP contribution is -2.43. The lowest BCUT2D eigenvalue weighted by Gasteiger charge is -2.39. The van der Waals surface area contributed by atoms with Gasteiger partial charge in [0.1, 0.15) is 23.8 Å². The zero-order valence-corrected chi connectivity index (χ0v) is 21.0. The second kappa shape index (κ2) is 8.85. The third-order valence-electron chi connectivity index (χ3n) is 6.96. The minimum absolute atomic E-state index is 0.0677. The van der Waals surface area contributed by atoms with E-state index in [2.05, 4.69) is 30.4 Å². The quantitative estimate of drug-likeness (QED) is 0.523. The van der Waals surface area contributed by atoms with Gasteiger partial charge in [-0.15, -0.1) is 10.2 Å². The first-order chi connectivity index (χ1) is 16.6. The van der Waals surface area contributed by atoms with Crippen molar-refractivity contribution in [2.75, 3.05) is 16.5 Å². The summed E-state index contributed by atoms with van der Waals surface area (Å²) in [4.78, 5) is 11.2. The lowest BCUT2D eigenvalue weighted by atomic mass is 9.90. The molecule has 2 fully saturated rings. The van der Waals surface area contributed by atoms with Gasteiger partial charge >= 0.3 is 0 Å². The van der Waals surface area contributed by atoms with Crippen LogP contribution in [0.2, 0.25) is 0 Å². The number of anilines is 3. The van der Waals surface area contributed by atoms with Crippen molar-refractivity contribution >= 4 is 27.2 Å².